The van der Waals surface area contributed by atoms with E-state index in [0.29, 0.717) is 0 Å². The molecule has 0 unspecified atom stereocenters. The number of alkyl halides is 3. The second kappa shape index (κ2) is 3.41. The van der Waals surface area contributed by atoms with Crippen LogP contribution in [-0.2, 0) is 5.41 Å². The molecule has 98 valence electrons. The van der Waals surface area contributed by atoms with Crippen molar-refractivity contribution in [3.05, 3.63) is 29.8 Å². The van der Waals surface area contributed by atoms with Gasteiger partial charge in [-0.2, -0.15) is 0 Å². The largest absolute Gasteiger partial charge is 0.573 e. The number of nitrogens with two attached hydrogens (primary N) is 1. The van der Waals surface area contributed by atoms with Gasteiger partial charge in [0.05, 0.1) is 0 Å². The molecule has 2 aliphatic rings. The summed E-state index contributed by atoms with van der Waals surface area (Å²) in [6.07, 6.45) is -0.558. The van der Waals surface area contributed by atoms with E-state index in [1.54, 1.807) is 12.1 Å². The predicted octanol–water partition coefficient (Wildman–Crippen LogP) is 3.11. The molecule has 0 saturated heterocycles. The predicted molar refractivity (Wildman–Crippen MR) is 60.2 cm³/mol. The molecule has 2 N–H and O–H groups in total. The summed E-state index contributed by atoms with van der Waals surface area (Å²) in [6, 6.07) is 6.16. The van der Waals surface area contributed by atoms with Gasteiger partial charge in [0.15, 0.2) is 0 Å². The van der Waals surface area contributed by atoms with Crippen LogP contribution in [0.2, 0.25) is 0 Å². The van der Waals surface area contributed by atoms with Crippen LogP contribution >= 0.6 is 0 Å². The summed E-state index contributed by atoms with van der Waals surface area (Å²) >= 11 is 0. The van der Waals surface area contributed by atoms with Crippen molar-refractivity contribution >= 4 is 0 Å². The minimum atomic E-state index is -4.63. The van der Waals surface area contributed by atoms with Crippen LogP contribution in [0.4, 0.5) is 13.2 Å². The third-order valence-corrected chi connectivity index (χ3v) is 4.13. The number of rotatable bonds is 3. The van der Waals surface area contributed by atoms with E-state index in [4.69, 9.17) is 5.73 Å². The molecule has 0 radical (unpaired) electrons. The lowest BCUT2D eigenvalue weighted by atomic mass is 9.86. The summed E-state index contributed by atoms with van der Waals surface area (Å²) in [7, 11) is 0. The molecule has 2 aliphatic carbocycles. The van der Waals surface area contributed by atoms with Gasteiger partial charge in [0.2, 0.25) is 0 Å². The van der Waals surface area contributed by atoms with Gasteiger partial charge < -0.3 is 10.5 Å². The Morgan fingerprint density at radius 3 is 1.94 bits per heavy atom. The molecule has 3 rings (SSSR count). The number of halogens is 3. The molecule has 2 nitrogen and oxygen atoms in total. The molecule has 5 heteroatoms. The standard InChI is InChI=1S/C13H14F3NO/c14-13(15,16)18-10-3-1-9(2-4-10)11(5-6-11)12(17)7-8-12/h1-4H,5-8,17H2. The van der Waals surface area contributed by atoms with Crippen molar-refractivity contribution in [1.29, 1.82) is 0 Å². The Balaban J connectivity index is 1.80. The average Bonchev–Trinajstić information content (AvgIpc) is 3.12. The Morgan fingerprint density at radius 2 is 1.56 bits per heavy atom. The van der Waals surface area contributed by atoms with Crippen LogP contribution in [0.5, 0.6) is 5.75 Å². The topological polar surface area (TPSA) is 35.2 Å². The molecule has 0 aliphatic heterocycles. The lowest BCUT2D eigenvalue weighted by Gasteiger charge is -2.23. The zero-order chi connectivity index (χ0) is 13.0. The van der Waals surface area contributed by atoms with Gasteiger partial charge in [0.1, 0.15) is 5.75 Å². The highest BCUT2D eigenvalue weighted by molar-refractivity contribution is 5.42. The molecule has 0 atom stereocenters. The molecule has 0 amide bonds. The van der Waals surface area contributed by atoms with E-state index in [2.05, 4.69) is 4.74 Å². The van der Waals surface area contributed by atoms with Crippen molar-refractivity contribution in [2.75, 3.05) is 0 Å². The van der Waals surface area contributed by atoms with Gasteiger partial charge in [0, 0.05) is 11.0 Å². The molecule has 1 aromatic carbocycles. The monoisotopic (exact) mass is 257 g/mol. The second-order valence-electron chi connectivity index (χ2n) is 5.31. The van der Waals surface area contributed by atoms with Crippen LogP contribution in [0.25, 0.3) is 0 Å². The minimum absolute atomic E-state index is 0.00373. The van der Waals surface area contributed by atoms with Gasteiger partial charge in [0.25, 0.3) is 0 Å². The molecular weight excluding hydrogens is 243 g/mol. The highest BCUT2D eigenvalue weighted by Crippen LogP contribution is 2.63. The van der Waals surface area contributed by atoms with Gasteiger partial charge in [-0.15, -0.1) is 13.2 Å². The fraction of sp³-hybridized carbons (Fsp3) is 0.538. The van der Waals surface area contributed by atoms with Gasteiger partial charge >= 0.3 is 6.36 Å². The quantitative estimate of drug-likeness (QED) is 0.903. The van der Waals surface area contributed by atoms with E-state index in [-0.39, 0.29) is 16.7 Å². The fourth-order valence-corrected chi connectivity index (χ4v) is 2.79. The van der Waals surface area contributed by atoms with E-state index in [9.17, 15) is 13.2 Å². The first kappa shape index (κ1) is 11.8. The molecule has 0 aromatic heterocycles. The number of benzene rings is 1. The third-order valence-electron chi connectivity index (χ3n) is 4.13. The third kappa shape index (κ3) is 1.86. The number of hydrogen-bond acceptors (Lipinski definition) is 2. The van der Waals surface area contributed by atoms with Crippen molar-refractivity contribution in [2.24, 2.45) is 5.73 Å². The maximum absolute atomic E-state index is 12.0. The maximum atomic E-state index is 12.0. The average molecular weight is 257 g/mol. The summed E-state index contributed by atoms with van der Waals surface area (Å²) < 4.78 is 40.0. The lowest BCUT2D eigenvalue weighted by Crippen LogP contribution is -2.37. The van der Waals surface area contributed by atoms with E-state index in [0.717, 1.165) is 31.2 Å². The molecule has 0 spiro atoms. The van der Waals surface area contributed by atoms with Crippen LogP contribution in [0, 0.1) is 0 Å². The van der Waals surface area contributed by atoms with Crippen molar-refractivity contribution in [1.82, 2.24) is 0 Å². The van der Waals surface area contributed by atoms with Crippen LogP contribution in [-0.4, -0.2) is 11.9 Å². The summed E-state index contributed by atoms with van der Waals surface area (Å²) in [6.45, 7) is 0. The summed E-state index contributed by atoms with van der Waals surface area (Å²) in [5.74, 6) is -0.177. The molecule has 2 fully saturated rings. The van der Waals surface area contributed by atoms with Crippen molar-refractivity contribution in [2.45, 2.75) is 43.0 Å². The van der Waals surface area contributed by atoms with Crippen molar-refractivity contribution in [3.63, 3.8) is 0 Å². The van der Waals surface area contributed by atoms with E-state index >= 15 is 0 Å². The Morgan fingerprint density at radius 1 is 1.00 bits per heavy atom. The molecule has 0 bridgehead atoms. The van der Waals surface area contributed by atoms with Gasteiger partial charge in [-0.25, -0.2) is 0 Å². The first-order valence-corrected chi connectivity index (χ1v) is 6.00. The summed E-state index contributed by atoms with van der Waals surface area (Å²) in [5, 5.41) is 0. The first-order chi connectivity index (χ1) is 8.35. The second-order valence-corrected chi connectivity index (χ2v) is 5.31. The molecule has 1 aromatic rings. The number of hydrogen-bond donors (Lipinski definition) is 1. The van der Waals surface area contributed by atoms with Crippen LogP contribution in [0.3, 0.4) is 0 Å². The van der Waals surface area contributed by atoms with E-state index in [1.807, 2.05) is 0 Å². The first-order valence-electron chi connectivity index (χ1n) is 6.00. The van der Waals surface area contributed by atoms with Gasteiger partial charge in [-0.3, -0.25) is 0 Å². The zero-order valence-electron chi connectivity index (χ0n) is 9.76. The SMILES string of the molecule is NC1(C2(c3ccc(OC(F)(F)F)cc3)CC2)CC1. The fourth-order valence-electron chi connectivity index (χ4n) is 2.79. The smallest absolute Gasteiger partial charge is 0.406 e. The summed E-state index contributed by atoms with van der Waals surface area (Å²) in [4.78, 5) is 0. The maximum Gasteiger partial charge on any atom is 0.573 e. The molecule has 18 heavy (non-hydrogen) atoms. The van der Waals surface area contributed by atoms with Gasteiger partial charge in [-0.1, -0.05) is 12.1 Å². The Bertz CT molecular complexity index is 458. The minimum Gasteiger partial charge on any atom is -0.406 e. The van der Waals surface area contributed by atoms with E-state index < -0.39 is 6.36 Å². The summed E-state index contributed by atoms with van der Waals surface area (Å²) in [5.41, 5.74) is 7.16. The van der Waals surface area contributed by atoms with Crippen LogP contribution in [0.15, 0.2) is 24.3 Å². The van der Waals surface area contributed by atoms with Crippen molar-refractivity contribution < 1.29 is 17.9 Å². The molecular formula is C13H14F3NO. The zero-order valence-corrected chi connectivity index (χ0v) is 9.76. The van der Waals surface area contributed by atoms with Gasteiger partial charge in [-0.05, 0) is 43.4 Å². The highest BCUT2D eigenvalue weighted by atomic mass is 19.4. The van der Waals surface area contributed by atoms with Crippen molar-refractivity contribution in [3.8, 4) is 5.75 Å². The Kier molecular flexibility index (Phi) is 2.24. The van der Waals surface area contributed by atoms with Crippen LogP contribution in [0.1, 0.15) is 31.2 Å². The Labute approximate surface area is 103 Å². The van der Waals surface area contributed by atoms with E-state index in [1.165, 1.54) is 12.1 Å². The number of ether oxygens (including phenoxy) is 1. The molecule has 0 heterocycles. The Hall–Kier alpha value is -1.23. The lowest BCUT2D eigenvalue weighted by molar-refractivity contribution is -0.274. The molecule has 2 saturated carbocycles. The van der Waals surface area contributed by atoms with Crippen LogP contribution < -0.4 is 10.5 Å². The highest BCUT2D eigenvalue weighted by Gasteiger charge is 2.63. The normalized spacial score (nSPS) is 23.6.